The lowest BCUT2D eigenvalue weighted by Crippen LogP contribution is -2.00. The average Bonchev–Trinajstić information content (AvgIpc) is 2.69. The topological polar surface area (TPSA) is 55.1 Å². The van der Waals surface area contributed by atoms with Crippen molar-refractivity contribution < 1.29 is 18.7 Å². The zero-order valence-electron chi connectivity index (χ0n) is 9.12. The maximum atomic E-state index is 13.8. The zero-order valence-corrected chi connectivity index (χ0v) is 9.87. The average molecular weight is 273 g/mol. The summed E-state index contributed by atoms with van der Waals surface area (Å²) in [5.41, 5.74) is -0.0388. The summed E-state index contributed by atoms with van der Waals surface area (Å²) in [6.45, 7) is 0. The van der Waals surface area contributed by atoms with E-state index in [1.54, 1.807) is 0 Å². The quantitative estimate of drug-likeness (QED) is 0.855. The van der Waals surface area contributed by atoms with E-state index in [1.165, 1.54) is 23.9 Å². The van der Waals surface area contributed by atoms with Gasteiger partial charge in [-0.15, -0.1) is 0 Å². The van der Waals surface area contributed by atoms with Crippen molar-refractivity contribution >= 4 is 17.6 Å². The van der Waals surface area contributed by atoms with Gasteiger partial charge in [-0.1, -0.05) is 11.6 Å². The van der Waals surface area contributed by atoms with E-state index < -0.39 is 22.6 Å². The number of rotatable bonds is 2. The summed E-state index contributed by atoms with van der Waals surface area (Å²) in [5, 5.41) is 11.8. The van der Waals surface area contributed by atoms with Crippen LogP contribution in [0.1, 0.15) is 10.5 Å². The van der Waals surface area contributed by atoms with E-state index >= 15 is 0 Å². The Morgan fingerprint density at radius 3 is 2.67 bits per heavy atom. The van der Waals surface area contributed by atoms with E-state index in [2.05, 4.69) is 5.10 Å². The molecule has 1 aromatic carbocycles. The van der Waals surface area contributed by atoms with Crippen molar-refractivity contribution in [1.82, 2.24) is 9.78 Å². The molecule has 1 heterocycles. The van der Waals surface area contributed by atoms with Gasteiger partial charge < -0.3 is 5.11 Å². The van der Waals surface area contributed by atoms with Crippen molar-refractivity contribution in [2.75, 3.05) is 0 Å². The molecule has 94 valence electrons. The molecule has 0 spiro atoms. The highest BCUT2D eigenvalue weighted by Gasteiger charge is 2.18. The predicted octanol–water partition coefficient (Wildman–Crippen LogP) is 2.72. The van der Waals surface area contributed by atoms with Crippen molar-refractivity contribution in [2.45, 2.75) is 0 Å². The van der Waals surface area contributed by atoms with Gasteiger partial charge in [0.2, 0.25) is 0 Å². The Morgan fingerprint density at radius 1 is 1.44 bits per heavy atom. The van der Waals surface area contributed by atoms with Crippen LogP contribution < -0.4 is 0 Å². The van der Waals surface area contributed by atoms with Crippen molar-refractivity contribution in [3.8, 4) is 11.3 Å². The Hall–Kier alpha value is -1.95. The molecule has 7 heteroatoms. The molecule has 18 heavy (non-hydrogen) atoms. The first-order chi connectivity index (χ1) is 8.41. The highest BCUT2D eigenvalue weighted by Crippen LogP contribution is 2.29. The Kier molecular flexibility index (Phi) is 3.04. The molecule has 0 bridgehead atoms. The van der Waals surface area contributed by atoms with Gasteiger partial charge in [-0.3, -0.25) is 4.68 Å². The number of hydrogen-bond donors (Lipinski definition) is 1. The van der Waals surface area contributed by atoms with Crippen LogP contribution in [0.4, 0.5) is 8.78 Å². The number of nitrogens with zero attached hydrogens (tertiary/aromatic N) is 2. The number of hydrogen-bond acceptors (Lipinski definition) is 2. The van der Waals surface area contributed by atoms with Gasteiger partial charge in [-0.05, 0) is 18.2 Å². The molecule has 0 amide bonds. The van der Waals surface area contributed by atoms with Crippen LogP contribution in [0.15, 0.2) is 18.2 Å². The maximum absolute atomic E-state index is 13.8. The van der Waals surface area contributed by atoms with Crippen LogP contribution in [-0.4, -0.2) is 20.9 Å². The van der Waals surface area contributed by atoms with Crippen LogP contribution >= 0.6 is 11.6 Å². The summed E-state index contributed by atoms with van der Waals surface area (Å²) in [5.74, 6) is -3.05. The second-order valence-corrected chi connectivity index (χ2v) is 3.94. The second kappa shape index (κ2) is 4.38. The summed E-state index contributed by atoms with van der Waals surface area (Å²) >= 11 is 5.46. The molecule has 2 rings (SSSR count). The number of aryl methyl sites for hydroxylation is 1. The molecule has 0 aliphatic carbocycles. The fourth-order valence-corrected chi connectivity index (χ4v) is 1.71. The standard InChI is InChI=1S/C11H7ClF2N2O2/c1-16-8(4-7(15-16)11(17)18)5-2-3-6(13)9(12)10(5)14/h2-4H,1H3,(H,17,18). The van der Waals surface area contributed by atoms with Crippen LogP contribution in [-0.2, 0) is 7.05 Å². The third-order valence-corrected chi connectivity index (χ3v) is 2.76. The molecule has 0 aliphatic heterocycles. The van der Waals surface area contributed by atoms with E-state index in [-0.39, 0.29) is 17.0 Å². The Labute approximate surface area is 105 Å². The number of benzene rings is 1. The molecule has 4 nitrogen and oxygen atoms in total. The molecule has 0 saturated heterocycles. The van der Waals surface area contributed by atoms with Crippen molar-refractivity contribution in [3.63, 3.8) is 0 Å². The summed E-state index contributed by atoms with van der Waals surface area (Å²) < 4.78 is 28.0. The largest absolute Gasteiger partial charge is 0.476 e. The number of carboxylic acids is 1. The lowest BCUT2D eigenvalue weighted by molar-refractivity contribution is 0.0689. The molecule has 2 aromatic rings. The highest BCUT2D eigenvalue weighted by atomic mass is 35.5. The van der Waals surface area contributed by atoms with E-state index in [4.69, 9.17) is 16.7 Å². The van der Waals surface area contributed by atoms with Gasteiger partial charge in [-0.2, -0.15) is 5.10 Å². The normalized spacial score (nSPS) is 10.7. The summed E-state index contributed by atoms with van der Waals surface area (Å²) in [6.07, 6.45) is 0. The molecule has 0 fully saturated rings. The van der Waals surface area contributed by atoms with Crippen LogP contribution in [0, 0.1) is 11.6 Å². The van der Waals surface area contributed by atoms with E-state index in [0.717, 1.165) is 6.07 Å². The number of aromatic nitrogens is 2. The van der Waals surface area contributed by atoms with Crippen LogP contribution in [0.5, 0.6) is 0 Å². The number of carbonyl (C=O) groups is 1. The highest BCUT2D eigenvalue weighted by molar-refractivity contribution is 6.31. The van der Waals surface area contributed by atoms with Gasteiger partial charge in [0.1, 0.15) is 10.8 Å². The lowest BCUT2D eigenvalue weighted by atomic mass is 10.1. The van der Waals surface area contributed by atoms with Gasteiger partial charge in [0.05, 0.1) is 5.69 Å². The van der Waals surface area contributed by atoms with Crippen LogP contribution in [0.2, 0.25) is 5.02 Å². The monoisotopic (exact) mass is 272 g/mol. The zero-order chi connectivity index (χ0) is 13.4. The molecule has 0 atom stereocenters. The minimum Gasteiger partial charge on any atom is -0.476 e. The predicted molar refractivity (Wildman–Crippen MR) is 60.5 cm³/mol. The number of halogens is 3. The van der Waals surface area contributed by atoms with Crippen molar-refractivity contribution in [2.24, 2.45) is 7.05 Å². The molecule has 0 radical (unpaired) electrons. The van der Waals surface area contributed by atoms with E-state index in [9.17, 15) is 13.6 Å². The minimum atomic E-state index is -1.23. The minimum absolute atomic E-state index is 0.0103. The molecule has 1 aromatic heterocycles. The molecular formula is C11H7ClF2N2O2. The summed E-state index contributed by atoms with van der Waals surface area (Å²) in [4.78, 5) is 10.7. The maximum Gasteiger partial charge on any atom is 0.356 e. The first kappa shape index (κ1) is 12.5. The Morgan fingerprint density at radius 2 is 2.11 bits per heavy atom. The summed E-state index contributed by atoms with van der Waals surface area (Å²) in [7, 11) is 1.46. The fourth-order valence-electron chi connectivity index (χ4n) is 1.55. The van der Waals surface area contributed by atoms with Crippen molar-refractivity contribution in [3.05, 3.63) is 40.6 Å². The van der Waals surface area contributed by atoms with Gasteiger partial charge in [0.25, 0.3) is 0 Å². The SMILES string of the molecule is Cn1nc(C(=O)O)cc1-c1ccc(F)c(Cl)c1F. The number of aromatic carboxylic acids is 1. The number of carboxylic acid groups (broad SMARTS) is 1. The van der Waals surface area contributed by atoms with Crippen LogP contribution in [0.3, 0.4) is 0 Å². The first-order valence-electron chi connectivity index (χ1n) is 4.83. The lowest BCUT2D eigenvalue weighted by Gasteiger charge is -2.05. The van der Waals surface area contributed by atoms with Crippen LogP contribution in [0.25, 0.3) is 11.3 Å². The van der Waals surface area contributed by atoms with E-state index in [0.29, 0.717) is 0 Å². The summed E-state index contributed by atoms with van der Waals surface area (Å²) in [6, 6.07) is 3.38. The van der Waals surface area contributed by atoms with Gasteiger partial charge >= 0.3 is 5.97 Å². The third-order valence-electron chi connectivity index (χ3n) is 2.41. The third kappa shape index (κ3) is 1.95. The molecule has 0 unspecified atom stereocenters. The smallest absolute Gasteiger partial charge is 0.356 e. The molecule has 0 aliphatic rings. The molecule has 0 saturated carbocycles. The van der Waals surface area contributed by atoms with Crippen molar-refractivity contribution in [1.29, 1.82) is 0 Å². The Bertz CT molecular complexity index is 640. The first-order valence-corrected chi connectivity index (χ1v) is 5.21. The second-order valence-electron chi connectivity index (χ2n) is 3.57. The van der Waals surface area contributed by atoms with Gasteiger partial charge in [0, 0.05) is 12.6 Å². The van der Waals surface area contributed by atoms with Gasteiger partial charge in [-0.25, -0.2) is 13.6 Å². The molecular weight excluding hydrogens is 266 g/mol. The Balaban J connectivity index is 2.62. The van der Waals surface area contributed by atoms with Gasteiger partial charge in [0.15, 0.2) is 11.5 Å². The van der Waals surface area contributed by atoms with E-state index in [1.807, 2.05) is 0 Å². The fraction of sp³-hybridized carbons (Fsp3) is 0.0909. The molecule has 1 N–H and O–H groups in total.